The molecule has 0 aliphatic heterocycles. The van der Waals surface area contributed by atoms with Gasteiger partial charge in [0, 0.05) is 6.54 Å². The van der Waals surface area contributed by atoms with Gasteiger partial charge in [-0.15, -0.1) is 0 Å². The van der Waals surface area contributed by atoms with Crippen LogP contribution in [0.1, 0.15) is 24.5 Å². The average Bonchev–Trinajstić information content (AvgIpc) is 2.55. The summed E-state index contributed by atoms with van der Waals surface area (Å²) < 4.78 is 36.0. The number of sulfonamides is 1. The lowest BCUT2D eigenvalue weighted by Gasteiger charge is -2.10. The van der Waals surface area contributed by atoms with Crippen LogP contribution in [0.3, 0.4) is 0 Å². The molecule has 0 saturated carbocycles. The summed E-state index contributed by atoms with van der Waals surface area (Å²) >= 11 is 0. The maximum Gasteiger partial charge on any atom is 0.413 e. The van der Waals surface area contributed by atoms with E-state index in [1.165, 1.54) is 6.07 Å². The number of nitrogens with one attached hydrogen (secondary N) is 2. The molecule has 0 aromatic heterocycles. The topological polar surface area (TPSA) is 128 Å². The molecular formula is C16H22N2O7S. The number of benzene rings is 1. The molecule has 2 amide bonds. The van der Waals surface area contributed by atoms with Crippen LogP contribution >= 0.6 is 0 Å². The van der Waals surface area contributed by atoms with Gasteiger partial charge < -0.3 is 9.47 Å². The van der Waals surface area contributed by atoms with E-state index < -0.39 is 34.6 Å². The van der Waals surface area contributed by atoms with Crippen LogP contribution < -0.4 is 10.0 Å². The molecule has 0 aliphatic carbocycles. The van der Waals surface area contributed by atoms with Crippen molar-refractivity contribution in [3.8, 4) is 0 Å². The third kappa shape index (κ3) is 7.19. The highest BCUT2D eigenvalue weighted by molar-refractivity contribution is 7.89. The van der Waals surface area contributed by atoms with Crippen LogP contribution in [0.15, 0.2) is 23.1 Å². The fraction of sp³-hybridized carbons (Fsp3) is 0.438. The molecule has 0 fully saturated rings. The van der Waals surface area contributed by atoms with Crippen LogP contribution in [0.25, 0.3) is 0 Å². The van der Waals surface area contributed by atoms with Gasteiger partial charge in [-0.2, -0.15) is 0 Å². The minimum atomic E-state index is -3.76. The Balaban J connectivity index is 2.42. The molecule has 1 aromatic carbocycles. The van der Waals surface area contributed by atoms with Gasteiger partial charge in [-0.25, -0.2) is 17.9 Å². The number of carbonyl (C=O) groups is 3. The van der Waals surface area contributed by atoms with Gasteiger partial charge >= 0.3 is 12.1 Å². The summed E-state index contributed by atoms with van der Waals surface area (Å²) in [5, 5.41) is 1.86. The van der Waals surface area contributed by atoms with Crippen LogP contribution in [0, 0.1) is 13.8 Å². The van der Waals surface area contributed by atoms with E-state index in [1.807, 2.05) is 5.32 Å². The van der Waals surface area contributed by atoms with Gasteiger partial charge in [0.15, 0.2) is 6.61 Å². The van der Waals surface area contributed by atoms with Crippen molar-refractivity contribution in [2.75, 3.05) is 19.8 Å². The van der Waals surface area contributed by atoms with Crippen LogP contribution in [0.4, 0.5) is 4.79 Å². The molecule has 0 unspecified atom stereocenters. The van der Waals surface area contributed by atoms with Crippen LogP contribution in [0.2, 0.25) is 0 Å². The summed E-state index contributed by atoms with van der Waals surface area (Å²) in [5.74, 6) is -1.62. The maximum absolute atomic E-state index is 12.3. The van der Waals surface area contributed by atoms with Crippen LogP contribution in [0.5, 0.6) is 0 Å². The quantitative estimate of drug-likeness (QED) is 0.632. The number of esters is 1. The largest absolute Gasteiger partial charge is 0.456 e. The average molecular weight is 386 g/mol. The lowest BCUT2D eigenvalue weighted by atomic mass is 10.2. The lowest BCUT2D eigenvalue weighted by Crippen LogP contribution is -2.35. The van der Waals surface area contributed by atoms with Crippen molar-refractivity contribution in [2.45, 2.75) is 32.1 Å². The second kappa shape index (κ2) is 9.88. The van der Waals surface area contributed by atoms with E-state index in [2.05, 4.69) is 14.2 Å². The third-order valence-corrected chi connectivity index (χ3v) is 4.74. The molecule has 2 N–H and O–H groups in total. The van der Waals surface area contributed by atoms with E-state index in [0.717, 1.165) is 5.56 Å². The van der Waals surface area contributed by atoms with Gasteiger partial charge in [0.2, 0.25) is 10.0 Å². The summed E-state index contributed by atoms with van der Waals surface area (Å²) in [6.45, 7) is 4.26. The standard InChI is InChI=1S/C16H22N2O7S/c1-4-24-16(21)18-14(19)10-25-15(20)7-8-17-26(22,23)13-9-11(2)5-6-12(13)3/h5-6,9,17H,4,7-8,10H2,1-3H3,(H,18,19,21). The summed E-state index contributed by atoms with van der Waals surface area (Å²) in [6.07, 6.45) is -1.20. The smallest absolute Gasteiger partial charge is 0.413 e. The highest BCUT2D eigenvalue weighted by Gasteiger charge is 2.17. The molecule has 0 radical (unpaired) electrons. The zero-order chi connectivity index (χ0) is 19.7. The molecule has 0 aliphatic rings. The van der Waals surface area contributed by atoms with E-state index >= 15 is 0 Å². The molecular weight excluding hydrogens is 364 g/mol. The fourth-order valence-electron chi connectivity index (χ4n) is 1.90. The number of carbonyl (C=O) groups excluding carboxylic acids is 3. The van der Waals surface area contributed by atoms with Gasteiger partial charge in [0.1, 0.15) is 0 Å². The predicted molar refractivity (Wildman–Crippen MR) is 91.8 cm³/mol. The molecule has 0 spiro atoms. The molecule has 1 rings (SSSR count). The number of hydrogen-bond acceptors (Lipinski definition) is 7. The second-order valence-corrected chi connectivity index (χ2v) is 7.08. The Morgan fingerprint density at radius 2 is 1.81 bits per heavy atom. The Hall–Kier alpha value is -2.46. The minimum Gasteiger partial charge on any atom is -0.456 e. The van der Waals surface area contributed by atoms with E-state index in [9.17, 15) is 22.8 Å². The SMILES string of the molecule is CCOC(=O)NC(=O)COC(=O)CCNS(=O)(=O)c1cc(C)ccc1C. The van der Waals surface area contributed by atoms with Crippen molar-refractivity contribution >= 4 is 28.0 Å². The lowest BCUT2D eigenvalue weighted by molar-refractivity contribution is -0.148. The predicted octanol–water partition coefficient (Wildman–Crippen LogP) is 0.788. The van der Waals surface area contributed by atoms with E-state index in [-0.39, 0.29) is 24.5 Å². The van der Waals surface area contributed by atoms with Gasteiger partial charge in [-0.05, 0) is 38.0 Å². The Kier molecular flexibility index (Phi) is 8.20. The first-order valence-corrected chi connectivity index (χ1v) is 9.33. The molecule has 0 saturated heterocycles. The number of hydrogen-bond donors (Lipinski definition) is 2. The van der Waals surface area contributed by atoms with Gasteiger partial charge in [-0.1, -0.05) is 12.1 Å². The van der Waals surface area contributed by atoms with Crippen molar-refractivity contribution in [3.63, 3.8) is 0 Å². The van der Waals surface area contributed by atoms with Gasteiger partial charge in [-0.3, -0.25) is 14.9 Å². The van der Waals surface area contributed by atoms with E-state index in [4.69, 9.17) is 0 Å². The molecule has 10 heteroatoms. The summed E-state index contributed by atoms with van der Waals surface area (Å²) in [7, 11) is -3.76. The first kappa shape index (κ1) is 21.6. The summed E-state index contributed by atoms with van der Waals surface area (Å²) in [6, 6.07) is 5.03. The molecule has 1 aromatic rings. The van der Waals surface area contributed by atoms with E-state index in [0.29, 0.717) is 5.56 Å². The fourth-order valence-corrected chi connectivity index (χ4v) is 3.26. The zero-order valence-corrected chi connectivity index (χ0v) is 15.6. The number of imide groups is 1. The maximum atomic E-state index is 12.3. The molecule has 26 heavy (non-hydrogen) atoms. The first-order chi connectivity index (χ1) is 12.2. The number of alkyl carbamates (subject to hydrolysis) is 1. The van der Waals surface area contributed by atoms with Crippen molar-refractivity contribution in [1.29, 1.82) is 0 Å². The molecule has 9 nitrogen and oxygen atoms in total. The van der Waals surface area contributed by atoms with E-state index in [1.54, 1.807) is 32.9 Å². The second-order valence-electron chi connectivity index (χ2n) is 5.35. The van der Waals surface area contributed by atoms with Gasteiger partial charge in [0.25, 0.3) is 5.91 Å². The summed E-state index contributed by atoms with van der Waals surface area (Å²) in [5.41, 5.74) is 1.38. The Bertz CT molecular complexity index is 775. The molecule has 0 heterocycles. The molecule has 0 bridgehead atoms. The Labute approximate surface area is 152 Å². The minimum absolute atomic E-state index is 0.0967. The van der Waals surface area contributed by atoms with Gasteiger partial charge in [0.05, 0.1) is 17.9 Å². The van der Waals surface area contributed by atoms with Crippen LogP contribution in [-0.4, -0.2) is 46.1 Å². The normalized spacial score (nSPS) is 10.9. The molecule has 0 atom stereocenters. The highest BCUT2D eigenvalue weighted by Crippen LogP contribution is 2.16. The van der Waals surface area contributed by atoms with Crippen molar-refractivity contribution < 1.29 is 32.3 Å². The Morgan fingerprint density at radius 3 is 2.46 bits per heavy atom. The third-order valence-electron chi connectivity index (χ3n) is 3.14. The highest BCUT2D eigenvalue weighted by atomic mass is 32.2. The van der Waals surface area contributed by atoms with Crippen molar-refractivity contribution in [1.82, 2.24) is 10.0 Å². The Morgan fingerprint density at radius 1 is 1.12 bits per heavy atom. The number of ether oxygens (including phenoxy) is 2. The number of aryl methyl sites for hydroxylation is 2. The first-order valence-electron chi connectivity index (χ1n) is 7.85. The number of amides is 2. The monoisotopic (exact) mass is 386 g/mol. The number of rotatable bonds is 8. The zero-order valence-electron chi connectivity index (χ0n) is 14.8. The van der Waals surface area contributed by atoms with Crippen molar-refractivity contribution in [2.24, 2.45) is 0 Å². The molecule has 144 valence electrons. The van der Waals surface area contributed by atoms with Crippen molar-refractivity contribution in [3.05, 3.63) is 29.3 Å². The summed E-state index contributed by atoms with van der Waals surface area (Å²) in [4.78, 5) is 34.0. The van der Waals surface area contributed by atoms with Crippen LogP contribution in [-0.2, 0) is 29.1 Å².